The van der Waals surface area contributed by atoms with Crippen LogP contribution in [0.2, 0.25) is 0 Å². The van der Waals surface area contributed by atoms with E-state index in [4.69, 9.17) is 9.15 Å². The molecular weight excluding hydrogens is 410 g/mol. The van der Waals surface area contributed by atoms with Gasteiger partial charge in [-0.05, 0) is 24.1 Å². The highest BCUT2D eigenvalue weighted by atomic mass is 32.2. The van der Waals surface area contributed by atoms with Crippen molar-refractivity contribution in [2.24, 2.45) is 0 Å². The van der Waals surface area contributed by atoms with Crippen molar-refractivity contribution in [1.82, 2.24) is 14.9 Å². The van der Waals surface area contributed by atoms with E-state index < -0.39 is 22.0 Å². The van der Waals surface area contributed by atoms with Gasteiger partial charge in [-0.3, -0.25) is 9.59 Å². The van der Waals surface area contributed by atoms with Gasteiger partial charge in [-0.1, -0.05) is 24.3 Å². The Hall–Kier alpha value is -2.69. The van der Waals surface area contributed by atoms with Crippen molar-refractivity contribution in [2.75, 3.05) is 26.3 Å². The second-order valence-electron chi connectivity index (χ2n) is 6.96. The average Bonchev–Trinajstić information content (AvgIpc) is 3.28. The highest BCUT2D eigenvalue weighted by molar-refractivity contribution is 7.88. The number of hydrogen-bond donors (Lipinski definition) is 2. The van der Waals surface area contributed by atoms with Gasteiger partial charge < -0.3 is 19.8 Å². The molecule has 0 radical (unpaired) electrons. The van der Waals surface area contributed by atoms with Gasteiger partial charge in [0.2, 0.25) is 15.9 Å². The van der Waals surface area contributed by atoms with Gasteiger partial charge in [0, 0.05) is 19.6 Å². The maximum atomic E-state index is 12.7. The number of morpholine rings is 1. The molecule has 2 aromatic rings. The minimum absolute atomic E-state index is 0.147. The van der Waals surface area contributed by atoms with Crippen LogP contribution in [0, 0.1) is 0 Å². The molecule has 1 aromatic heterocycles. The molecule has 10 heteroatoms. The Morgan fingerprint density at radius 3 is 2.50 bits per heavy atom. The molecule has 30 heavy (non-hydrogen) atoms. The van der Waals surface area contributed by atoms with Crippen molar-refractivity contribution in [3.8, 4) is 0 Å². The number of nitrogens with zero attached hydrogens (tertiary/aromatic N) is 1. The van der Waals surface area contributed by atoms with Gasteiger partial charge in [-0.25, -0.2) is 8.42 Å². The molecule has 0 aliphatic carbocycles. The topological polar surface area (TPSA) is 118 Å². The van der Waals surface area contributed by atoms with E-state index in [0.29, 0.717) is 43.0 Å². The van der Waals surface area contributed by atoms with Gasteiger partial charge in [-0.15, -0.1) is 0 Å². The van der Waals surface area contributed by atoms with Gasteiger partial charge in [0.05, 0.1) is 30.8 Å². The number of benzene rings is 1. The first-order chi connectivity index (χ1) is 14.4. The first-order valence-electron chi connectivity index (χ1n) is 9.60. The van der Waals surface area contributed by atoms with Gasteiger partial charge in [0.25, 0.3) is 5.91 Å². The molecule has 0 saturated carbocycles. The Balaban J connectivity index is 1.59. The van der Waals surface area contributed by atoms with Gasteiger partial charge in [0.1, 0.15) is 12.3 Å². The van der Waals surface area contributed by atoms with Gasteiger partial charge >= 0.3 is 0 Å². The largest absolute Gasteiger partial charge is 0.472 e. The van der Waals surface area contributed by atoms with Crippen LogP contribution in [-0.4, -0.2) is 56.9 Å². The molecule has 0 spiro atoms. The predicted molar refractivity (Wildman–Crippen MR) is 109 cm³/mol. The maximum Gasteiger partial charge on any atom is 0.255 e. The SMILES string of the molecule is C[C@H](NC(=O)c1ccoc1)C(=O)NCc1ccccc1CS(=O)(=O)N1CCOCC1. The summed E-state index contributed by atoms with van der Waals surface area (Å²) < 4.78 is 36.9. The third-order valence-electron chi connectivity index (χ3n) is 4.80. The second-order valence-corrected chi connectivity index (χ2v) is 8.93. The van der Waals surface area contributed by atoms with E-state index >= 15 is 0 Å². The number of furan rings is 1. The number of hydrogen-bond acceptors (Lipinski definition) is 6. The van der Waals surface area contributed by atoms with Crippen LogP contribution >= 0.6 is 0 Å². The van der Waals surface area contributed by atoms with Crippen molar-refractivity contribution in [1.29, 1.82) is 0 Å². The monoisotopic (exact) mass is 435 g/mol. The lowest BCUT2D eigenvalue weighted by molar-refractivity contribution is -0.122. The normalized spacial score (nSPS) is 16.0. The first kappa shape index (κ1) is 22.0. The molecule has 2 N–H and O–H groups in total. The van der Waals surface area contributed by atoms with E-state index in [0.717, 1.165) is 0 Å². The molecule has 162 valence electrons. The molecule has 1 aromatic carbocycles. The van der Waals surface area contributed by atoms with Crippen LogP contribution in [0.25, 0.3) is 0 Å². The van der Waals surface area contributed by atoms with Crippen molar-refractivity contribution in [2.45, 2.75) is 25.3 Å². The number of carbonyl (C=O) groups excluding carboxylic acids is 2. The number of amides is 2. The highest BCUT2D eigenvalue weighted by Gasteiger charge is 2.25. The minimum Gasteiger partial charge on any atom is -0.472 e. The molecule has 2 amide bonds. The Morgan fingerprint density at radius 1 is 1.13 bits per heavy atom. The number of rotatable bonds is 8. The molecule has 1 fully saturated rings. The fourth-order valence-corrected chi connectivity index (χ4v) is 4.62. The number of ether oxygens (including phenoxy) is 1. The molecule has 1 aliphatic heterocycles. The quantitative estimate of drug-likeness (QED) is 0.636. The van der Waals surface area contributed by atoms with E-state index in [9.17, 15) is 18.0 Å². The highest BCUT2D eigenvalue weighted by Crippen LogP contribution is 2.16. The number of sulfonamides is 1. The fourth-order valence-electron chi connectivity index (χ4n) is 3.06. The lowest BCUT2D eigenvalue weighted by Gasteiger charge is -2.26. The summed E-state index contributed by atoms with van der Waals surface area (Å²) in [7, 11) is -3.48. The summed E-state index contributed by atoms with van der Waals surface area (Å²) >= 11 is 0. The molecule has 9 nitrogen and oxygen atoms in total. The van der Waals surface area contributed by atoms with Crippen LogP contribution in [-0.2, 0) is 31.9 Å². The van der Waals surface area contributed by atoms with E-state index in [-0.39, 0.29) is 18.2 Å². The molecule has 1 aliphatic rings. The van der Waals surface area contributed by atoms with Crippen molar-refractivity contribution < 1.29 is 27.2 Å². The Bertz CT molecular complexity index is 968. The summed E-state index contributed by atoms with van der Waals surface area (Å²) in [6.07, 6.45) is 2.67. The van der Waals surface area contributed by atoms with Crippen LogP contribution < -0.4 is 10.6 Å². The van der Waals surface area contributed by atoms with Crippen LogP contribution in [0.15, 0.2) is 47.3 Å². The lowest BCUT2D eigenvalue weighted by Crippen LogP contribution is -2.44. The van der Waals surface area contributed by atoms with Crippen LogP contribution in [0.4, 0.5) is 0 Å². The third-order valence-corrected chi connectivity index (χ3v) is 6.62. The molecule has 0 unspecified atom stereocenters. The second kappa shape index (κ2) is 9.88. The summed E-state index contributed by atoms with van der Waals surface area (Å²) in [5, 5.41) is 5.34. The lowest BCUT2D eigenvalue weighted by atomic mass is 10.1. The smallest absolute Gasteiger partial charge is 0.255 e. The zero-order chi connectivity index (χ0) is 21.6. The van der Waals surface area contributed by atoms with E-state index in [2.05, 4.69) is 10.6 Å². The number of nitrogens with one attached hydrogen (secondary N) is 2. The zero-order valence-corrected chi connectivity index (χ0v) is 17.5. The maximum absolute atomic E-state index is 12.7. The molecule has 1 atom stereocenters. The summed E-state index contributed by atoms with van der Waals surface area (Å²) in [5.41, 5.74) is 1.66. The minimum atomic E-state index is -3.48. The summed E-state index contributed by atoms with van der Waals surface area (Å²) in [6, 6.07) is 7.81. The Kier molecular flexibility index (Phi) is 7.24. The molecule has 1 saturated heterocycles. The third kappa shape index (κ3) is 5.68. The molecule has 2 heterocycles. The Morgan fingerprint density at radius 2 is 1.83 bits per heavy atom. The predicted octanol–water partition coefficient (Wildman–Crippen LogP) is 0.876. The van der Waals surface area contributed by atoms with E-state index in [1.165, 1.54) is 22.9 Å². The van der Waals surface area contributed by atoms with Crippen molar-refractivity contribution in [3.63, 3.8) is 0 Å². The fraction of sp³-hybridized carbons (Fsp3) is 0.400. The van der Waals surface area contributed by atoms with Gasteiger partial charge in [0.15, 0.2) is 0 Å². The summed E-state index contributed by atoms with van der Waals surface area (Å²) in [4.78, 5) is 24.4. The molecular formula is C20H25N3O6S. The van der Waals surface area contributed by atoms with Crippen LogP contribution in [0.1, 0.15) is 28.4 Å². The molecule has 0 bridgehead atoms. The van der Waals surface area contributed by atoms with Gasteiger partial charge in [-0.2, -0.15) is 4.31 Å². The standard InChI is InChI=1S/C20H25N3O6S/c1-15(22-20(25)17-6-9-29-13-17)19(24)21-12-16-4-2-3-5-18(16)14-30(26,27)23-7-10-28-11-8-23/h2-6,9,13,15H,7-8,10-12,14H2,1H3,(H,21,24)(H,22,25)/t15-/m0/s1. The Labute approximate surface area is 175 Å². The van der Waals surface area contributed by atoms with Crippen molar-refractivity contribution >= 4 is 21.8 Å². The summed E-state index contributed by atoms with van der Waals surface area (Å²) in [5.74, 6) is -0.938. The van der Waals surface area contributed by atoms with Crippen LogP contribution in [0.5, 0.6) is 0 Å². The molecule has 3 rings (SSSR count). The van der Waals surface area contributed by atoms with Crippen LogP contribution in [0.3, 0.4) is 0 Å². The van der Waals surface area contributed by atoms with Crippen molar-refractivity contribution in [3.05, 3.63) is 59.5 Å². The average molecular weight is 436 g/mol. The summed E-state index contributed by atoms with van der Waals surface area (Å²) in [6.45, 7) is 3.19. The first-order valence-corrected chi connectivity index (χ1v) is 11.2. The van der Waals surface area contributed by atoms with E-state index in [1.807, 2.05) is 0 Å². The number of carbonyl (C=O) groups is 2. The van der Waals surface area contributed by atoms with E-state index in [1.54, 1.807) is 31.2 Å². The zero-order valence-electron chi connectivity index (χ0n) is 16.7.